The first-order chi connectivity index (χ1) is 8.60. The lowest BCUT2D eigenvalue weighted by atomic mass is 9.97. The van der Waals surface area contributed by atoms with E-state index in [4.69, 9.17) is 22.1 Å². The lowest BCUT2D eigenvalue weighted by molar-refractivity contribution is 0.128. The molecule has 2 N–H and O–H groups in total. The second-order valence-corrected chi connectivity index (χ2v) is 4.98. The number of hydrogen-bond donors (Lipinski definition) is 1. The Bertz CT molecular complexity index is 359. The quantitative estimate of drug-likeness (QED) is 0.828. The van der Waals surface area contributed by atoms with Crippen LogP contribution in [0.15, 0.2) is 24.3 Å². The molecular weight excluding hydrogens is 248 g/mol. The van der Waals surface area contributed by atoms with E-state index in [1.54, 1.807) is 7.11 Å². The van der Waals surface area contributed by atoms with Gasteiger partial charge in [0.1, 0.15) is 0 Å². The van der Waals surface area contributed by atoms with Gasteiger partial charge in [-0.2, -0.15) is 0 Å². The Morgan fingerprint density at radius 2 is 2.17 bits per heavy atom. The number of methoxy groups -OCH3 is 1. The Kier molecular flexibility index (Phi) is 6.65. The van der Waals surface area contributed by atoms with Crippen LogP contribution in [0.2, 0.25) is 5.02 Å². The summed E-state index contributed by atoms with van der Waals surface area (Å²) in [6, 6.07) is 8.18. The zero-order valence-corrected chi connectivity index (χ0v) is 12.2. The minimum atomic E-state index is 0.0883. The zero-order valence-electron chi connectivity index (χ0n) is 11.4. The van der Waals surface area contributed by atoms with Crippen LogP contribution in [-0.4, -0.2) is 38.3 Å². The van der Waals surface area contributed by atoms with Gasteiger partial charge in [-0.1, -0.05) is 30.7 Å². The number of benzene rings is 1. The summed E-state index contributed by atoms with van der Waals surface area (Å²) in [6.07, 6.45) is 0.925. The van der Waals surface area contributed by atoms with Gasteiger partial charge >= 0.3 is 0 Å². The summed E-state index contributed by atoms with van der Waals surface area (Å²) < 4.78 is 5.13. The second kappa shape index (κ2) is 7.74. The molecule has 0 aliphatic heterocycles. The fourth-order valence-corrected chi connectivity index (χ4v) is 2.32. The Balaban J connectivity index is 2.90. The molecule has 2 unspecified atom stereocenters. The summed E-state index contributed by atoms with van der Waals surface area (Å²) in [4.78, 5) is 2.23. The van der Waals surface area contributed by atoms with Crippen LogP contribution in [0.25, 0.3) is 0 Å². The van der Waals surface area contributed by atoms with Crippen LogP contribution < -0.4 is 5.73 Å². The van der Waals surface area contributed by atoms with Gasteiger partial charge in [0.15, 0.2) is 0 Å². The average molecular weight is 271 g/mol. The van der Waals surface area contributed by atoms with Crippen molar-refractivity contribution in [3.63, 3.8) is 0 Å². The molecule has 0 saturated heterocycles. The monoisotopic (exact) mass is 270 g/mol. The van der Waals surface area contributed by atoms with E-state index >= 15 is 0 Å². The van der Waals surface area contributed by atoms with Crippen molar-refractivity contribution < 1.29 is 4.74 Å². The van der Waals surface area contributed by atoms with Gasteiger partial charge in [-0.15, -0.1) is 0 Å². The van der Waals surface area contributed by atoms with Gasteiger partial charge in [-0.05, 0) is 31.2 Å². The van der Waals surface area contributed by atoms with Gasteiger partial charge in [-0.25, -0.2) is 0 Å². The molecule has 102 valence electrons. The van der Waals surface area contributed by atoms with E-state index in [2.05, 4.69) is 24.9 Å². The maximum Gasteiger partial charge on any atom is 0.0589 e. The Labute approximate surface area is 115 Å². The van der Waals surface area contributed by atoms with Crippen LogP contribution in [0.1, 0.15) is 24.9 Å². The van der Waals surface area contributed by atoms with E-state index in [1.807, 2.05) is 18.2 Å². The highest BCUT2D eigenvalue weighted by atomic mass is 35.5. The predicted octanol–water partition coefficient (Wildman–Crippen LogP) is 2.70. The topological polar surface area (TPSA) is 38.5 Å². The largest absolute Gasteiger partial charge is 0.383 e. The van der Waals surface area contributed by atoms with Crippen molar-refractivity contribution >= 4 is 11.6 Å². The molecule has 1 rings (SSSR count). The molecule has 0 saturated carbocycles. The maximum absolute atomic E-state index is 6.25. The molecule has 0 aliphatic rings. The van der Waals surface area contributed by atoms with Crippen LogP contribution in [0.5, 0.6) is 0 Å². The fraction of sp³-hybridized carbons (Fsp3) is 0.571. The minimum Gasteiger partial charge on any atom is -0.383 e. The van der Waals surface area contributed by atoms with E-state index in [9.17, 15) is 0 Å². The summed E-state index contributed by atoms with van der Waals surface area (Å²) in [6.45, 7) is 3.65. The predicted molar refractivity (Wildman–Crippen MR) is 77.0 cm³/mol. The molecule has 0 bridgehead atoms. The van der Waals surface area contributed by atoms with Crippen molar-refractivity contribution in [1.82, 2.24) is 4.90 Å². The molecule has 18 heavy (non-hydrogen) atoms. The Morgan fingerprint density at radius 3 is 2.72 bits per heavy atom. The van der Waals surface area contributed by atoms with Crippen molar-refractivity contribution in [2.24, 2.45) is 5.73 Å². The van der Waals surface area contributed by atoms with Crippen LogP contribution in [0.4, 0.5) is 0 Å². The molecule has 0 aromatic heterocycles. The minimum absolute atomic E-state index is 0.0883. The number of halogens is 1. The van der Waals surface area contributed by atoms with Gasteiger partial charge < -0.3 is 10.5 Å². The van der Waals surface area contributed by atoms with Crippen molar-refractivity contribution in [2.45, 2.75) is 25.4 Å². The first-order valence-electron chi connectivity index (χ1n) is 6.30. The molecule has 0 fully saturated rings. The Morgan fingerprint density at radius 1 is 1.44 bits per heavy atom. The number of rotatable bonds is 7. The molecule has 0 heterocycles. The second-order valence-electron chi connectivity index (χ2n) is 4.55. The summed E-state index contributed by atoms with van der Waals surface area (Å²) >= 11 is 6.06. The molecule has 3 nitrogen and oxygen atoms in total. The van der Waals surface area contributed by atoms with E-state index in [1.165, 1.54) is 0 Å². The number of ether oxygens (including phenoxy) is 1. The molecule has 0 amide bonds. The fourth-order valence-electron chi connectivity index (χ4n) is 2.12. The van der Waals surface area contributed by atoms with Gasteiger partial charge in [0, 0.05) is 30.8 Å². The molecule has 0 radical (unpaired) electrons. The highest BCUT2D eigenvalue weighted by molar-refractivity contribution is 6.30. The SMILES string of the molecule is CCC(N)C(c1cccc(Cl)c1)N(C)CCOC. The van der Waals surface area contributed by atoms with Crippen molar-refractivity contribution in [3.05, 3.63) is 34.9 Å². The summed E-state index contributed by atoms with van der Waals surface area (Å²) in [7, 11) is 3.78. The Hall–Kier alpha value is -0.610. The third-order valence-electron chi connectivity index (χ3n) is 3.19. The van der Waals surface area contributed by atoms with E-state index in [0.717, 1.165) is 23.6 Å². The smallest absolute Gasteiger partial charge is 0.0589 e. The number of likely N-dealkylation sites (N-methyl/N-ethyl adjacent to an activating group) is 1. The lowest BCUT2D eigenvalue weighted by Crippen LogP contribution is -2.40. The van der Waals surface area contributed by atoms with Crippen LogP contribution in [0, 0.1) is 0 Å². The third kappa shape index (κ3) is 4.25. The highest BCUT2D eigenvalue weighted by Crippen LogP contribution is 2.25. The van der Waals surface area contributed by atoms with Crippen LogP contribution in [-0.2, 0) is 4.74 Å². The molecular formula is C14H23ClN2O. The first kappa shape index (κ1) is 15.4. The number of nitrogens with two attached hydrogens (primary N) is 1. The van der Waals surface area contributed by atoms with Gasteiger partial charge in [0.25, 0.3) is 0 Å². The van der Waals surface area contributed by atoms with Crippen LogP contribution in [0.3, 0.4) is 0 Å². The molecule has 1 aromatic rings. The van der Waals surface area contributed by atoms with Gasteiger partial charge in [0.2, 0.25) is 0 Å². The van der Waals surface area contributed by atoms with Crippen molar-refractivity contribution in [3.8, 4) is 0 Å². The molecule has 4 heteroatoms. The summed E-state index contributed by atoms with van der Waals surface area (Å²) in [5, 5.41) is 0.751. The van der Waals surface area contributed by atoms with E-state index in [-0.39, 0.29) is 12.1 Å². The highest BCUT2D eigenvalue weighted by Gasteiger charge is 2.22. The van der Waals surface area contributed by atoms with Crippen molar-refractivity contribution in [1.29, 1.82) is 0 Å². The van der Waals surface area contributed by atoms with Crippen LogP contribution >= 0.6 is 11.6 Å². The molecule has 2 atom stereocenters. The summed E-state index contributed by atoms with van der Waals surface area (Å²) in [5.41, 5.74) is 7.41. The van der Waals surface area contributed by atoms with Gasteiger partial charge in [0.05, 0.1) is 6.61 Å². The zero-order chi connectivity index (χ0) is 13.5. The third-order valence-corrected chi connectivity index (χ3v) is 3.43. The average Bonchev–Trinajstić information content (AvgIpc) is 2.36. The van der Waals surface area contributed by atoms with Gasteiger partial charge in [-0.3, -0.25) is 4.90 Å². The number of hydrogen-bond acceptors (Lipinski definition) is 3. The van der Waals surface area contributed by atoms with E-state index in [0.29, 0.717) is 6.61 Å². The maximum atomic E-state index is 6.25. The summed E-state index contributed by atoms with van der Waals surface area (Å²) in [5.74, 6) is 0. The number of nitrogens with zero attached hydrogens (tertiary/aromatic N) is 1. The molecule has 0 aliphatic carbocycles. The first-order valence-corrected chi connectivity index (χ1v) is 6.68. The molecule has 0 spiro atoms. The lowest BCUT2D eigenvalue weighted by Gasteiger charge is -2.32. The van der Waals surface area contributed by atoms with E-state index < -0.39 is 0 Å². The van der Waals surface area contributed by atoms with Crippen molar-refractivity contribution in [2.75, 3.05) is 27.3 Å². The molecule has 1 aromatic carbocycles. The normalized spacial score (nSPS) is 14.8. The standard InChI is InChI=1S/C14H23ClN2O/c1-4-13(16)14(17(2)8-9-18-3)11-6-5-7-12(15)10-11/h5-7,10,13-14H,4,8-9,16H2,1-3H3.